The largest absolute Gasteiger partial charge is 0.368 e. The molecule has 2 nitrogen and oxygen atoms in total. The molecule has 0 amide bonds. The van der Waals surface area contributed by atoms with E-state index in [1.165, 1.54) is 49.9 Å². The molecule has 0 radical (unpaired) electrons. The van der Waals surface area contributed by atoms with Crippen molar-refractivity contribution in [1.29, 1.82) is 0 Å². The molecular formula is C15H22N2. The molecule has 1 aromatic rings. The van der Waals surface area contributed by atoms with Gasteiger partial charge < -0.3 is 10.6 Å². The Morgan fingerprint density at radius 1 is 1.06 bits per heavy atom. The van der Waals surface area contributed by atoms with E-state index in [-0.39, 0.29) is 0 Å². The first-order valence-corrected chi connectivity index (χ1v) is 6.94. The number of fused-ring (bicyclic) bond motifs is 1. The summed E-state index contributed by atoms with van der Waals surface area (Å²) in [6.45, 7) is 1.88. The number of hydrogen-bond acceptors (Lipinski definition) is 2. The molecule has 0 bridgehead atoms. The van der Waals surface area contributed by atoms with E-state index >= 15 is 0 Å². The number of nitrogens with two attached hydrogens (primary N) is 1. The van der Waals surface area contributed by atoms with Gasteiger partial charge in [0.1, 0.15) is 0 Å². The van der Waals surface area contributed by atoms with Gasteiger partial charge in [-0.3, -0.25) is 0 Å². The summed E-state index contributed by atoms with van der Waals surface area (Å²) in [4.78, 5) is 2.64. The molecule has 17 heavy (non-hydrogen) atoms. The predicted molar refractivity (Wildman–Crippen MR) is 72.0 cm³/mol. The molecule has 1 aliphatic carbocycles. The van der Waals surface area contributed by atoms with Gasteiger partial charge in [-0.1, -0.05) is 18.6 Å². The summed E-state index contributed by atoms with van der Waals surface area (Å²) in [5.74, 6) is 0.956. The lowest BCUT2D eigenvalue weighted by molar-refractivity contribution is 0.362. The highest BCUT2D eigenvalue weighted by Crippen LogP contribution is 2.38. The Morgan fingerprint density at radius 2 is 1.82 bits per heavy atom. The Labute approximate surface area is 104 Å². The van der Waals surface area contributed by atoms with Gasteiger partial charge in [0.05, 0.1) is 0 Å². The van der Waals surface area contributed by atoms with Crippen LogP contribution in [0.25, 0.3) is 0 Å². The van der Waals surface area contributed by atoms with Crippen molar-refractivity contribution in [1.82, 2.24) is 0 Å². The molecular weight excluding hydrogens is 208 g/mol. The number of hydrogen-bond donors (Lipinski definition) is 1. The van der Waals surface area contributed by atoms with Crippen molar-refractivity contribution in [2.75, 3.05) is 11.4 Å². The first-order chi connectivity index (χ1) is 8.38. The maximum absolute atomic E-state index is 5.65. The van der Waals surface area contributed by atoms with Gasteiger partial charge in [0, 0.05) is 24.8 Å². The second kappa shape index (κ2) is 4.69. The van der Waals surface area contributed by atoms with Crippen LogP contribution in [-0.4, -0.2) is 12.6 Å². The van der Waals surface area contributed by atoms with Crippen molar-refractivity contribution in [3.05, 3.63) is 29.8 Å². The highest BCUT2D eigenvalue weighted by molar-refractivity contribution is 5.49. The monoisotopic (exact) mass is 230 g/mol. The molecule has 1 saturated heterocycles. The second-order valence-electron chi connectivity index (χ2n) is 5.46. The fourth-order valence-electron chi connectivity index (χ4n) is 3.60. The van der Waals surface area contributed by atoms with E-state index in [9.17, 15) is 0 Å². The van der Waals surface area contributed by atoms with Crippen LogP contribution in [0.2, 0.25) is 0 Å². The maximum Gasteiger partial charge on any atom is 0.0369 e. The SMILES string of the molecule is NCc1ccc(N2CCCC3CCCC32)cc1. The topological polar surface area (TPSA) is 29.3 Å². The van der Waals surface area contributed by atoms with Crippen LogP contribution in [0.1, 0.15) is 37.7 Å². The average molecular weight is 230 g/mol. The fourth-order valence-corrected chi connectivity index (χ4v) is 3.60. The molecule has 2 N–H and O–H groups in total. The Hall–Kier alpha value is -1.02. The third-order valence-corrected chi connectivity index (χ3v) is 4.50. The number of piperidine rings is 1. The smallest absolute Gasteiger partial charge is 0.0369 e. The molecule has 2 heteroatoms. The summed E-state index contributed by atoms with van der Waals surface area (Å²) < 4.78 is 0. The summed E-state index contributed by atoms with van der Waals surface area (Å²) in [6.07, 6.45) is 7.07. The molecule has 3 rings (SSSR count). The summed E-state index contributed by atoms with van der Waals surface area (Å²) >= 11 is 0. The van der Waals surface area contributed by atoms with Gasteiger partial charge in [-0.05, 0) is 49.3 Å². The first-order valence-electron chi connectivity index (χ1n) is 6.94. The van der Waals surface area contributed by atoms with E-state index in [4.69, 9.17) is 5.73 Å². The summed E-state index contributed by atoms with van der Waals surface area (Å²) in [7, 11) is 0. The molecule has 1 aliphatic heterocycles. The average Bonchev–Trinajstić information content (AvgIpc) is 2.87. The van der Waals surface area contributed by atoms with Crippen molar-refractivity contribution in [2.45, 2.75) is 44.7 Å². The Kier molecular flexibility index (Phi) is 3.06. The molecule has 2 unspecified atom stereocenters. The van der Waals surface area contributed by atoms with Gasteiger partial charge in [0.15, 0.2) is 0 Å². The third-order valence-electron chi connectivity index (χ3n) is 4.50. The Morgan fingerprint density at radius 3 is 2.59 bits per heavy atom. The molecule has 1 heterocycles. The van der Waals surface area contributed by atoms with Crippen LogP contribution in [0.4, 0.5) is 5.69 Å². The van der Waals surface area contributed by atoms with Gasteiger partial charge in [0.2, 0.25) is 0 Å². The molecule has 1 saturated carbocycles. The lowest BCUT2D eigenvalue weighted by Gasteiger charge is -2.39. The lowest BCUT2D eigenvalue weighted by atomic mass is 9.91. The minimum Gasteiger partial charge on any atom is -0.368 e. The number of rotatable bonds is 2. The molecule has 0 aromatic heterocycles. The summed E-state index contributed by atoms with van der Waals surface area (Å²) in [5.41, 5.74) is 8.28. The number of benzene rings is 1. The molecule has 1 aromatic carbocycles. The lowest BCUT2D eigenvalue weighted by Crippen LogP contribution is -2.42. The summed E-state index contributed by atoms with van der Waals surface area (Å²) in [6, 6.07) is 9.67. The Balaban J connectivity index is 1.81. The van der Waals surface area contributed by atoms with E-state index < -0.39 is 0 Å². The highest BCUT2D eigenvalue weighted by atomic mass is 15.2. The van der Waals surface area contributed by atoms with Crippen molar-refractivity contribution in [3.8, 4) is 0 Å². The summed E-state index contributed by atoms with van der Waals surface area (Å²) in [5, 5.41) is 0. The predicted octanol–water partition coefficient (Wildman–Crippen LogP) is 2.91. The van der Waals surface area contributed by atoms with Crippen LogP contribution in [0.3, 0.4) is 0 Å². The zero-order chi connectivity index (χ0) is 11.7. The van der Waals surface area contributed by atoms with Crippen molar-refractivity contribution in [2.24, 2.45) is 11.7 Å². The second-order valence-corrected chi connectivity index (χ2v) is 5.46. The number of anilines is 1. The van der Waals surface area contributed by atoms with Gasteiger partial charge in [-0.15, -0.1) is 0 Å². The van der Waals surface area contributed by atoms with Crippen molar-refractivity contribution >= 4 is 5.69 Å². The minimum absolute atomic E-state index is 0.645. The van der Waals surface area contributed by atoms with Gasteiger partial charge >= 0.3 is 0 Å². The highest BCUT2D eigenvalue weighted by Gasteiger charge is 2.34. The van der Waals surface area contributed by atoms with Crippen molar-refractivity contribution < 1.29 is 0 Å². The van der Waals surface area contributed by atoms with Gasteiger partial charge in [0.25, 0.3) is 0 Å². The quantitative estimate of drug-likeness (QED) is 0.846. The standard InChI is InChI=1S/C15H22N2/c16-11-12-6-8-14(9-7-12)17-10-2-4-13-3-1-5-15(13)17/h6-9,13,15H,1-5,10-11,16H2. The molecule has 0 spiro atoms. The first kappa shape index (κ1) is 11.1. The third kappa shape index (κ3) is 2.06. The van der Waals surface area contributed by atoms with Crippen LogP contribution in [0.15, 0.2) is 24.3 Å². The fraction of sp³-hybridized carbons (Fsp3) is 0.600. The van der Waals surface area contributed by atoms with Crippen LogP contribution in [0.5, 0.6) is 0 Å². The minimum atomic E-state index is 0.645. The molecule has 92 valence electrons. The van der Waals surface area contributed by atoms with Gasteiger partial charge in [-0.2, -0.15) is 0 Å². The zero-order valence-electron chi connectivity index (χ0n) is 10.4. The van der Waals surface area contributed by atoms with E-state index in [1.807, 2.05) is 0 Å². The van der Waals surface area contributed by atoms with Gasteiger partial charge in [-0.25, -0.2) is 0 Å². The van der Waals surface area contributed by atoms with Crippen LogP contribution >= 0.6 is 0 Å². The van der Waals surface area contributed by atoms with Crippen LogP contribution < -0.4 is 10.6 Å². The van der Waals surface area contributed by atoms with Crippen LogP contribution in [-0.2, 0) is 6.54 Å². The van der Waals surface area contributed by atoms with Crippen molar-refractivity contribution in [3.63, 3.8) is 0 Å². The van der Waals surface area contributed by atoms with E-state index in [0.29, 0.717) is 6.54 Å². The van der Waals surface area contributed by atoms with E-state index in [1.54, 1.807) is 0 Å². The van der Waals surface area contributed by atoms with Crippen LogP contribution in [0, 0.1) is 5.92 Å². The maximum atomic E-state index is 5.65. The number of nitrogens with zero attached hydrogens (tertiary/aromatic N) is 1. The van der Waals surface area contributed by atoms with E-state index in [0.717, 1.165) is 12.0 Å². The van der Waals surface area contributed by atoms with E-state index in [2.05, 4.69) is 29.2 Å². The molecule has 2 fully saturated rings. The Bertz CT molecular complexity index is 371. The molecule has 2 aliphatic rings. The zero-order valence-corrected chi connectivity index (χ0v) is 10.4. The molecule has 2 atom stereocenters. The normalized spacial score (nSPS) is 28.2.